The molecule has 0 atom stereocenters. The minimum atomic E-state index is -0.292. The van der Waals surface area contributed by atoms with Crippen LogP contribution in [0.3, 0.4) is 0 Å². The van der Waals surface area contributed by atoms with E-state index < -0.39 is 0 Å². The molecule has 4 nitrogen and oxygen atoms in total. The van der Waals surface area contributed by atoms with Crippen LogP contribution in [0, 0.1) is 0 Å². The highest BCUT2D eigenvalue weighted by atomic mass is 16.3. The topological polar surface area (TPSA) is 32.8 Å². The van der Waals surface area contributed by atoms with Crippen LogP contribution in [0.25, 0.3) is 55.3 Å². The van der Waals surface area contributed by atoms with E-state index in [2.05, 4.69) is 198 Å². The summed E-state index contributed by atoms with van der Waals surface area (Å²) in [6.07, 6.45) is 13.0. The lowest BCUT2D eigenvalue weighted by molar-refractivity contribution is 0.443. The maximum Gasteiger partial charge on any atom is 0.342 e. The van der Waals surface area contributed by atoms with Crippen molar-refractivity contribution in [2.45, 2.75) is 76.0 Å². The van der Waals surface area contributed by atoms with Gasteiger partial charge in [-0.1, -0.05) is 148 Å². The Morgan fingerprint density at radius 3 is 1.17 bits per heavy atom. The van der Waals surface area contributed by atoms with E-state index >= 15 is 0 Å². The molecular formula is C64H53BN2O2. The molecule has 5 heteroatoms. The first kappa shape index (κ1) is 40.6. The van der Waals surface area contributed by atoms with Crippen molar-refractivity contribution < 1.29 is 8.83 Å². The zero-order valence-electron chi connectivity index (χ0n) is 38.9. The van der Waals surface area contributed by atoms with Gasteiger partial charge in [0.1, 0.15) is 22.5 Å². The number of hydrogen-bond acceptors (Lipinski definition) is 4. The fourth-order valence-electron chi connectivity index (χ4n) is 12.6. The molecule has 0 radical (unpaired) electrons. The van der Waals surface area contributed by atoms with Gasteiger partial charge in [0.05, 0.1) is 11.4 Å². The van der Waals surface area contributed by atoms with E-state index in [1.807, 2.05) is 0 Å². The van der Waals surface area contributed by atoms with Crippen LogP contribution in [-0.4, -0.2) is 6.71 Å². The van der Waals surface area contributed by atoms with E-state index in [0.29, 0.717) is 11.8 Å². The van der Waals surface area contributed by atoms with Gasteiger partial charge in [0.25, 0.3) is 0 Å². The van der Waals surface area contributed by atoms with Crippen LogP contribution in [0.5, 0.6) is 0 Å². The van der Waals surface area contributed by atoms with Gasteiger partial charge in [-0.25, -0.2) is 0 Å². The predicted molar refractivity (Wildman–Crippen MR) is 288 cm³/mol. The largest absolute Gasteiger partial charge is 0.468 e. The van der Waals surface area contributed by atoms with Crippen LogP contribution in [0.1, 0.15) is 87.2 Å². The molecule has 0 N–H and O–H groups in total. The van der Waals surface area contributed by atoms with Crippen LogP contribution in [0.2, 0.25) is 0 Å². The lowest BCUT2D eigenvalue weighted by Gasteiger charge is -2.41. The molecule has 69 heavy (non-hydrogen) atoms. The van der Waals surface area contributed by atoms with Gasteiger partial charge >= 0.3 is 6.71 Å². The summed E-state index contributed by atoms with van der Waals surface area (Å²) in [5, 5.41) is 2.19. The van der Waals surface area contributed by atoms with E-state index in [1.165, 1.54) is 103 Å². The molecule has 4 heterocycles. The standard InChI is InChI=1S/C64H53BN2O2/c1-5-17-42(18-6-1)46-29-33-52(34-30-46)66-56-40-51(50-38-48(44-21-9-3-10-22-44)37-49(39-50)45-23-11-4-12-24-45)41-57-60(56)65(63-61(66)54-25-13-15-27-58(54)68-63)64-62(55-26-14-16-28-59(55)69-64)67(57)53-35-31-47(32-36-53)43-19-7-2-8-20-43/h3-4,9-16,21-43H,1-2,5-8,17-20H2. The Balaban J connectivity index is 1.06. The number of hydrogen-bond donors (Lipinski definition) is 0. The Bertz CT molecular complexity index is 3300. The second kappa shape index (κ2) is 16.6. The summed E-state index contributed by atoms with van der Waals surface area (Å²) in [6, 6.07) is 70.0. The van der Waals surface area contributed by atoms with Crippen molar-refractivity contribution in [3.63, 3.8) is 0 Å². The van der Waals surface area contributed by atoms with E-state index in [-0.39, 0.29) is 6.71 Å². The number of furan rings is 2. The Kier molecular flexibility index (Phi) is 9.78. The molecule has 14 rings (SSSR count). The number of anilines is 6. The Morgan fingerprint density at radius 1 is 0.362 bits per heavy atom. The lowest BCUT2D eigenvalue weighted by atomic mass is 9.37. The number of fused-ring (bicyclic) bond motifs is 8. The Labute approximate surface area is 404 Å². The second-order valence-electron chi connectivity index (χ2n) is 20.0. The average Bonchev–Trinajstić information content (AvgIpc) is 4.01. The number of benzene rings is 8. The molecular weight excluding hydrogens is 840 g/mol. The van der Waals surface area contributed by atoms with Crippen molar-refractivity contribution in [3.05, 3.63) is 199 Å². The number of nitrogens with zero attached hydrogens (tertiary/aromatic N) is 2. The maximum atomic E-state index is 7.21. The zero-order valence-corrected chi connectivity index (χ0v) is 38.9. The summed E-state index contributed by atoms with van der Waals surface area (Å²) < 4.78 is 14.4. The highest BCUT2D eigenvalue weighted by Crippen LogP contribution is 2.51. The molecule has 2 aliphatic carbocycles. The fourth-order valence-corrected chi connectivity index (χ4v) is 12.6. The molecule has 0 bridgehead atoms. The van der Waals surface area contributed by atoms with Crippen LogP contribution in [0.15, 0.2) is 197 Å². The molecule has 0 unspecified atom stereocenters. The van der Waals surface area contributed by atoms with Gasteiger partial charge in [-0.2, -0.15) is 0 Å². The quantitative estimate of drug-likeness (QED) is 0.149. The molecule has 2 saturated carbocycles. The first-order chi connectivity index (χ1) is 34.2. The summed E-state index contributed by atoms with van der Waals surface area (Å²) >= 11 is 0. The van der Waals surface area contributed by atoms with Crippen molar-refractivity contribution in [1.29, 1.82) is 0 Å². The third-order valence-electron chi connectivity index (χ3n) is 16.0. The predicted octanol–water partition coefficient (Wildman–Crippen LogP) is 16.4. The van der Waals surface area contributed by atoms with Crippen molar-refractivity contribution in [2.75, 3.05) is 9.80 Å². The van der Waals surface area contributed by atoms with Gasteiger partial charge in [0, 0.05) is 33.5 Å². The van der Waals surface area contributed by atoms with Crippen LogP contribution < -0.4 is 26.6 Å². The third kappa shape index (κ3) is 6.80. The molecule has 8 aromatic carbocycles. The van der Waals surface area contributed by atoms with Gasteiger partial charge in [-0.3, -0.25) is 0 Å². The van der Waals surface area contributed by atoms with Crippen molar-refractivity contribution in [3.8, 4) is 33.4 Å². The van der Waals surface area contributed by atoms with Gasteiger partial charge in [0.2, 0.25) is 0 Å². The maximum absolute atomic E-state index is 7.21. The fraction of sp³-hybridized carbons (Fsp3) is 0.188. The smallest absolute Gasteiger partial charge is 0.342 e. The minimum Gasteiger partial charge on any atom is -0.468 e. The minimum absolute atomic E-state index is 0.292. The average molecular weight is 893 g/mol. The van der Waals surface area contributed by atoms with Gasteiger partial charge in [-0.05, 0) is 166 Å². The van der Waals surface area contributed by atoms with Gasteiger partial charge < -0.3 is 18.6 Å². The van der Waals surface area contributed by atoms with Gasteiger partial charge in [0.15, 0.2) is 0 Å². The summed E-state index contributed by atoms with van der Waals surface area (Å²) in [5.74, 6) is 1.22. The van der Waals surface area contributed by atoms with Crippen molar-refractivity contribution in [1.82, 2.24) is 0 Å². The SMILES string of the molecule is c1ccc(-c2cc(-c3ccccc3)cc(-c3cc4c5c(c3)N(c3ccc(C6CCCCC6)cc3)c3c(oc6ccccc36)B5c3oc5ccccc5c3N4c3ccc(C4CCCCC4)cc3)c2)cc1. The molecule has 334 valence electrons. The summed E-state index contributed by atoms with van der Waals surface area (Å²) in [7, 11) is 0. The highest BCUT2D eigenvalue weighted by Gasteiger charge is 2.50. The van der Waals surface area contributed by atoms with Gasteiger partial charge in [-0.15, -0.1) is 0 Å². The molecule has 2 aromatic heterocycles. The Hall–Kier alpha value is -7.50. The molecule has 0 spiro atoms. The first-order valence-electron chi connectivity index (χ1n) is 25.5. The normalized spacial score (nSPS) is 15.9. The van der Waals surface area contributed by atoms with Crippen molar-refractivity contribution in [2.24, 2.45) is 0 Å². The first-order valence-corrected chi connectivity index (χ1v) is 25.5. The summed E-state index contributed by atoms with van der Waals surface area (Å²) in [4.78, 5) is 5.03. The van der Waals surface area contributed by atoms with E-state index in [9.17, 15) is 0 Å². The van der Waals surface area contributed by atoms with Crippen molar-refractivity contribution >= 4 is 79.6 Å². The van der Waals surface area contributed by atoms with E-state index in [1.54, 1.807) is 0 Å². The highest BCUT2D eigenvalue weighted by molar-refractivity contribution is 6.99. The zero-order chi connectivity index (χ0) is 45.4. The lowest BCUT2D eigenvalue weighted by Crippen LogP contribution is -2.60. The third-order valence-corrected chi connectivity index (χ3v) is 16.0. The Morgan fingerprint density at radius 2 is 0.739 bits per heavy atom. The monoisotopic (exact) mass is 892 g/mol. The van der Waals surface area contributed by atoms with E-state index in [0.717, 1.165) is 78.5 Å². The summed E-state index contributed by atoms with van der Waals surface area (Å²) in [6.45, 7) is -0.292. The molecule has 10 aromatic rings. The molecule has 4 aliphatic rings. The number of para-hydroxylation sites is 2. The molecule has 0 amide bonds. The number of rotatable bonds is 7. The van der Waals surface area contributed by atoms with Crippen LogP contribution in [0.4, 0.5) is 34.1 Å². The molecule has 0 saturated heterocycles. The van der Waals surface area contributed by atoms with Crippen LogP contribution in [-0.2, 0) is 0 Å². The van der Waals surface area contributed by atoms with E-state index in [4.69, 9.17) is 8.83 Å². The van der Waals surface area contributed by atoms with Crippen LogP contribution >= 0.6 is 0 Å². The summed E-state index contributed by atoms with van der Waals surface area (Å²) in [5.41, 5.74) is 21.4. The molecule has 2 aliphatic heterocycles. The molecule has 2 fully saturated rings. The second-order valence-corrected chi connectivity index (χ2v) is 20.0.